The van der Waals surface area contributed by atoms with Crippen molar-refractivity contribution in [2.45, 2.75) is 13.8 Å². The van der Waals surface area contributed by atoms with Crippen molar-refractivity contribution >= 4 is 39.0 Å². The highest BCUT2D eigenvalue weighted by Crippen LogP contribution is 2.26. The summed E-state index contributed by atoms with van der Waals surface area (Å²) < 4.78 is 1.13. The Hall–Kier alpha value is -1.13. The second-order valence-electron chi connectivity index (χ2n) is 3.77. The molecule has 0 radical (unpaired) electrons. The van der Waals surface area contributed by atoms with Crippen LogP contribution in [-0.4, -0.2) is 9.97 Å². The minimum Gasteiger partial charge on any atom is -0.340 e. The van der Waals surface area contributed by atoms with Gasteiger partial charge in [0.15, 0.2) is 0 Å². The van der Waals surface area contributed by atoms with Crippen molar-refractivity contribution < 1.29 is 0 Å². The molecule has 2 aromatic rings. The molecule has 0 aliphatic carbocycles. The fourth-order valence-electron chi connectivity index (χ4n) is 1.57. The van der Waals surface area contributed by atoms with E-state index in [4.69, 9.17) is 11.6 Å². The van der Waals surface area contributed by atoms with Crippen LogP contribution in [0.4, 0.5) is 11.5 Å². The van der Waals surface area contributed by atoms with Gasteiger partial charge in [-0.25, -0.2) is 9.97 Å². The average molecular weight is 313 g/mol. The normalized spacial score (nSPS) is 10.4. The summed E-state index contributed by atoms with van der Waals surface area (Å²) in [5.41, 5.74) is 3.33. The zero-order valence-electron chi connectivity index (χ0n) is 9.46. The number of rotatable bonds is 2. The summed E-state index contributed by atoms with van der Waals surface area (Å²) in [6, 6.07) is 5.79. The van der Waals surface area contributed by atoms with Gasteiger partial charge in [0, 0.05) is 16.2 Å². The third kappa shape index (κ3) is 2.96. The third-order valence-corrected chi connectivity index (χ3v) is 3.80. The third-order valence-electron chi connectivity index (χ3n) is 2.34. The minimum absolute atomic E-state index is 0.424. The van der Waals surface area contributed by atoms with Crippen LogP contribution in [0.5, 0.6) is 0 Å². The number of anilines is 2. The number of aromatic nitrogens is 2. The van der Waals surface area contributed by atoms with Crippen LogP contribution in [0.2, 0.25) is 5.15 Å². The van der Waals surface area contributed by atoms with Gasteiger partial charge in [0.05, 0.1) is 0 Å². The molecule has 3 nitrogen and oxygen atoms in total. The van der Waals surface area contributed by atoms with Gasteiger partial charge in [-0.2, -0.15) is 0 Å². The molecule has 2 rings (SSSR count). The van der Waals surface area contributed by atoms with E-state index in [0.29, 0.717) is 11.0 Å². The molecule has 5 heteroatoms. The Morgan fingerprint density at radius 3 is 2.35 bits per heavy atom. The maximum atomic E-state index is 5.80. The van der Waals surface area contributed by atoms with Crippen LogP contribution in [-0.2, 0) is 0 Å². The average Bonchev–Trinajstić information content (AvgIpc) is 2.26. The Morgan fingerprint density at radius 1 is 1.12 bits per heavy atom. The van der Waals surface area contributed by atoms with E-state index in [1.54, 1.807) is 6.07 Å². The molecule has 1 N–H and O–H groups in total. The molecule has 0 bridgehead atoms. The van der Waals surface area contributed by atoms with E-state index in [-0.39, 0.29) is 0 Å². The van der Waals surface area contributed by atoms with Gasteiger partial charge in [0.25, 0.3) is 0 Å². The Labute approximate surface area is 113 Å². The first-order chi connectivity index (χ1) is 8.06. The van der Waals surface area contributed by atoms with E-state index in [1.807, 2.05) is 12.1 Å². The highest BCUT2D eigenvalue weighted by Gasteiger charge is 2.03. The SMILES string of the molecule is Cc1cc(Nc2cc(Cl)ncn2)cc(C)c1Br. The van der Waals surface area contributed by atoms with Gasteiger partial charge < -0.3 is 5.32 Å². The lowest BCUT2D eigenvalue weighted by Crippen LogP contribution is -1.95. The van der Waals surface area contributed by atoms with Gasteiger partial charge in [-0.15, -0.1) is 0 Å². The fraction of sp³-hybridized carbons (Fsp3) is 0.167. The van der Waals surface area contributed by atoms with Crippen LogP contribution in [0.1, 0.15) is 11.1 Å². The highest BCUT2D eigenvalue weighted by molar-refractivity contribution is 9.10. The topological polar surface area (TPSA) is 37.8 Å². The van der Waals surface area contributed by atoms with Crippen molar-refractivity contribution in [1.82, 2.24) is 9.97 Å². The molecule has 0 fully saturated rings. The maximum Gasteiger partial charge on any atom is 0.135 e. The first-order valence-electron chi connectivity index (χ1n) is 5.07. The van der Waals surface area contributed by atoms with Crippen LogP contribution >= 0.6 is 27.5 Å². The Morgan fingerprint density at radius 2 is 1.76 bits per heavy atom. The number of nitrogens with one attached hydrogen (secondary N) is 1. The lowest BCUT2D eigenvalue weighted by atomic mass is 10.1. The molecule has 1 aromatic heterocycles. The van der Waals surface area contributed by atoms with Gasteiger partial charge in [-0.05, 0) is 37.1 Å². The van der Waals surface area contributed by atoms with Crippen LogP contribution in [0.3, 0.4) is 0 Å². The molecule has 0 saturated carbocycles. The molecule has 1 aromatic carbocycles. The summed E-state index contributed by atoms with van der Waals surface area (Å²) >= 11 is 9.34. The van der Waals surface area contributed by atoms with Crippen molar-refractivity contribution in [3.05, 3.63) is 45.3 Å². The monoisotopic (exact) mass is 311 g/mol. The van der Waals surface area contributed by atoms with E-state index in [1.165, 1.54) is 17.5 Å². The van der Waals surface area contributed by atoms with Crippen LogP contribution in [0, 0.1) is 13.8 Å². The molecule has 0 amide bonds. The number of nitrogens with zero attached hydrogens (tertiary/aromatic N) is 2. The zero-order valence-corrected chi connectivity index (χ0v) is 11.8. The first kappa shape index (κ1) is 12.3. The number of halogens is 2. The van der Waals surface area contributed by atoms with Crippen LogP contribution in [0.25, 0.3) is 0 Å². The second-order valence-corrected chi connectivity index (χ2v) is 4.96. The molecule has 0 atom stereocenters. The summed E-state index contributed by atoms with van der Waals surface area (Å²) in [4.78, 5) is 7.94. The molecule has 0 saturated heterocycles. The van der Waals surface area contributed by atoms with Crippen molar-refractivity contribution in [3.8, 4) is 0 Å². The first-order valence-corrected chi connectivity index (χ1v) is 6.24. The standard InChI is InChI=1S/C12H11BrClN3/c1-7-3-9(4-8(2)12(7)13)17-11-5-10(14)15-6-16-11/h3-6H,1-2H3,(H,15,16,17). The Balaban J connectivity index is 2.31. The minimum atomic E-state index is 0.424. The van der Waals surface area contributed by atoms with Gasteiger partial charge in [0.2, 0.25) is 0 Å². The number of benzene rings is 1. The van der Waals surface area contributed by atoms with Crippen molar-refractivity contribution in [2.75, 3.05) is 5.32 Å². The summed E-state index contributed by atoms with van der Waals surface area (Å²) in [6.07, 6.45) is 1.43. The molecule has 0 unspecified atom stereocenters. The van der Waals surface area contributed by atoms with Gasteiger partial charge >= 0.3 is 0 Å². The molecule has 0 aliphatic heterocycles. The lowest BCUT2D eigenvalue weighted by molar-refractivity contribution is 1.17. The number of hydrogen-bond acceptors (Lipinski definition) is 3. The van der Waals surface area contributed by atoms with E-state index in [9.17, 15) is 0 Å². The van der Waals surface area contributed by atoms with Gasteiger partial charge in [-0.1, -0.05) is 27.5 Å². The number of hydrogen-bond donors (Lipinski definition) is 1. The van der Waals surface area contributed by atoms with E-state index < -0.39 is 0 Å². The zero-order chi connectivity index (χ0) is 12.4. The second kappa shape index (κ2) is 5.02. The predicted molar refractivity (Wildman–Crippen MR) is 73.9 cm³/mol. The predicted octanol–water partition coefficient (Wildman–Crippen LogP) is 4.25. The van der Waals surface area contributed by atoms with Gasteiger partial charge in [0.1, 0.15) is 17.3 Å². The number of aryl methyl sites for hydroxylation is 2. The molecule has 0 aliphatic rings. The largest absolute Gasteiger partial charge is 0.340 e. The van der Waals surface area contributed by atoms with E-state index in [2.05, 4.69) is 45.1 Å². The summed E-state index contributed by atoms with van der Waals surface area (Å²) in [5.74, 6) is 0.686. The van der Waals surface area contributed by atoms with Crippen LogP contribution in [0.15, 0.2) is 29.0 Å². The molecule has 1 heterocycles. The fourth-order valence-corrected chi connectivity index (χ4v) is 1.94. The van der Waals surface area contributed by atoms with E-state index in [0.717, 1.165) is 10.2 Å². The molecular weight excluding hydrogens is 302 g/mol. The maximum absolute atomic E-state index is 5.80. The summed E-state index contributed by atoms with van der Waals surface area (Å²) in [7, 11) is 0. The van der Waals surface area contributed by atoms with E-state index >= 15 is 0 Å². The van der Waals surface area contributed by atoms with Crippen LogP contribution < -0.4 is 5.32 Å². The summed E-state index contributed by atoms with van der Waals surface area (Å²) in [6.45, 7) is 4.10. The molecular formula is C12H11BrClN3. The summed E-state index contributed by atoms with van der Waals surface area (Å²) in [5, 5.41) is 3.62. The van der Waals surface area contributed by atoms with Crippen molar-refractivity contribution in [3.63, 3.8) is 0 Å². The van der Waals surface area contributed by atoms with Crippen molar-refractivity contribution in [1.29, 1.82) is 0 Å². The Bertz CT molecular complexity index is 534. The molecule has 88 valence electrons. The Kier molecular flexibility index (Phi) is 3.64. The highest BCUT2D eigenvalue weighted by atomic mass is 79.9. The quantitative estimate of drug-likeness (QED) is 0.842. The smallest absolute Gasteiger partial charge is 0.135 e. The lowest BCUT2D eigenvalue weighted by Gasteiger charge is -2.09. The van der Waals surface area contributed by atoms with Crippen molar-refractivity contribution in [2.24, 2.45) is 0 Å². The molecule has 0 spiro atoms. The van der Waals surface area contributed by atoms with Gasteiger partial charge in [-0.3, -0.25) is 0 Å². The molecule has 17 heavy (non-hydrogen) atoms.